The monoisotopic (exact) mass is 601 g/mol. The van der Waals surface area contributed by atoms with Crippen LogP contribution in [0.25, 0.3) is 0 Å². The maximum Gasteiger partial charge on any atom is 0.269 e. The summed E-state index contributed by atoms with van der Waals surface area (Å²) in [5.74, 6) is -2.02. The van der Waals surface area contributed by atoms with Crippen molar-refractivity contribution in [3.05, 3.63) is 99.5 Å². The zero-order valence-electron chi connectivity index (χ0n) is 22.2. The highest BCUT2D eigenvalue weighted by Crippen LogP contribution is 2.31. The molecular weight excluding hydrogens is 573 g/mol. The lowest BCUT2D eigenvalue weighted by molar-refractivity contribution is -0.141. The number of halogens is 2. The molecule has 0 saturated carbocycles. The second kappa shape index (κ2) is 11.6. The number of carbonyl (C=O) groups is 3. The molecule has 40 heavy (non-hydrogen) atoms. The molecule has 0 unspecified atom stereocenters. The van der Waals surface area contributed by atoms with Gasteiger partial charge in [-0.3, -0.25) is 14.4 Å². The second-order valence-corrected chi connectivity index (χ2v) is 13.1. The number of fused-ring (bicyclic) bond motifs is 1. The standard InChI is InChI=1S/C29H29Cl2N3O5S/c1-29(2,3)32-27(36)24(16-19-10-5-4-6-11-19)33(17-21-22(30)13-9-14-23(21)31)26(35)18-34-28(37)20-12-7-8-15-25(20)40(34,38)39/h4-15,24H,16-18H2,1-3H3,(H,32,36)/t24-/m1/s1. The fraction of sp³-hybridized carbons (Fsp3) is 0.276. The average Bonchev–Trinajstić information content (AvgIpc) is 3.08. The van der Waals surface area contributed by atoms with E-state index in [2.05, 4.69) is 5.32 Å². The van der Waals surface area contributed by atoms with Crippen LogP contribution in [0.4, 0.5) is 0 Å². The summed E-state index contributed by atoms with van der Waals surface area (Å²) in [5, 5.41) is 3.48. The van der Waals surface area contributed by atoms with Crippen molar-refractivity contribution in [1.82, 2.24) is 14.5 Å². The van der Waals surface area contributed by atoms with E-state index >= 15 is 0 Å². The van der Waals surface area contributed by atoms with Gasteiger partial charge in [0.25, 0.3) is 15.9 Å². The van der Waals surface area contributed by atoms with Gasteiger partial charge >= 0.3 is 0 Å². The number of carbonyl (C=O) groups excluding carboxylic acids is 3. The highest BCUT2D eigenvalue weighted by molar-refractivity contribution is 7.90. The van der Waals surface area contributed by atoms with Crippen LogP contribution >= 0.6 is 23.2 Å². The Morgan fingerprint density at radius 1 is 0.925 bits per heavy atom. The lowest BCUT2D eigenvalue weighted by Crippen LogP contribution is -2.56. The van der Waals surface area contributed by atoms with Gasteiger partial charge in [-0.25, -0.2) is 12.7 Å². The van der Waals surface area contributed by atoms with E-state index in [0.29, 0.717) is 9.87 Å². The highest BCUT2D eigenvalue weighted by Gasteiger charge is 2.43. The van der Waals surface area contributed by atoms with Crippen LogP contribution < -0.4 is 5.32 Å². The fourth-order valence-electron chi connectivity index (χ4n) is 4.46. The zero-order valence-corrected chi connectivity index (χ0v) is 24.6. The molecule has 1 atom stereocenters. The molecule has 0 spiro atoms. The van der Waals surface area contributed by atoms with Crippen LogP contribution in [0.2, 0.25) is 10.0 Å². The SMILES string of the molecule is CC(C)(C)NC(=O)[C@@H](Cc1ccccc1)N(Cc1c(Cl)cccc1Cl)C(=O)CN1C(=O)c2ccccc2S1(=O)=O. The Hall–Kier alpha value is -3.40. The van der Waals surface area contributed by atoms with Crippen LogP contribution in [0.1, 0.15) is 42.3 Å². The van der Waals surface area contributed by atoms with Gasteiger partial charge in [0.05, 0.1) is 5.56 Å². The highest BCUT2D eigenvalue weighted by atomic mass is 35.5. The fourth-order valence-corrected chi connectivity index (χ4v) is 6.50. The third-order valence-electron chi connectivity index (χ3n) is 6.35. The molecule has 1 aliphatic heterocycles. The van der Waals surface area contributed by atoms with Gasteiger partial charge in [-0.15, -0.1) is 0 Å². The third kappa shape index (κ3) is 6.32. The average molecular weight is 603 g/mol. The van der Waals surface area contributed by atoms with E-state index in [1.807, 2.05) is 51.1 Å². The first-order chi connectivity index (χ1) is 18.8. The first kappa shape index (κ1) is 29.6. The van der Waals surface area contributed by atoms with Gasteiger partial charge in [0.2, 0.25) is 11.8 Å². The van der Waals surface area contributed by atoms with Gasteiger partial charge in [0.1, 0.15) is 17.5 Å². The quantitative estimate of drug-likeness (QED) is 0.403. The van der Waals surface area contributed by atoms with Crippen molar-refractivity contribution < 1.29 is 22.8 Å². The Balaban J connectivity index is 1.77. The minimum absolute atomic E-state index is 0.0118. The predicted octanol–water partition coefficient (Wildman–Crippen LogP) is 4.69. The molecule has 3 aromatic carbocycles. The minimum atomic E-state index is -4.26. The number of hydrogen-bond donors (Lipinski definition) is 1. The molecule has 0 aliphatic carbocycles. The number of amides is 3. The lowest BCUT2D eigenvalue weighted by Gasteiger charge is -2.34. The summed E-state index contributed by atoms with van der Waals surface area (Å²) >= 11 is 12.9. The Bertz CT molecular complexity index is 1540. The Kier molecular flexibility index (Phi) is 8.58. The summed E-state index contributed by atoms with van der Waals surface area (Å²) in [5.41, 5.74) is 0.525. The van der Waals surface area contributed by atoms with Crippen LogP contribution in [0.3, 0.4) is 0 Å². The summed E-state index contributed by atoms with van der Waals surface area (Å²) in [6, 6.07) is 18.7. The van der Waals surface area contributed by atoms with Crippen molar-refractivity contribution in [3.63, 3.8) is 0 Å². The topological polar surface area (TPSA) is 104 Å². The summed E-state index contributed by atoms with van der Waals surface area (Å²) in [6.07, 6.45) is 0.123. The summed E-state index contributed by atoms with van der Waals surface area (Å²) in [6.45, 7) is 4.45. The lowest BCUT2D eigenvalue weighted by atomic mass is 10.0. The molecule has 1 aliphatic rings. The molecule has 3 amide bonds. The van der Waals surface area contributed by atoms with Gasteiger partial charge in [0.15, 0.2) is 0 Å². The predicted molar refractivity (Wildman–Crippen MR) is 154 cm³/mol. The summed E-state index contributed by atoms with van der Waals surface area (Å²) in [7, 11) is -4.26. The Morgan fingerprint density at radius 3 is 2.12 bits per heavy atom. The van der Waals surface area contributed by atoms with E-state index in [0.717, 1.165) is 5.56 Å². The Labute approximate surface area is 243 Å². The molecule has 8 nitrogen and oxygen atoms in total. The molecule has 0 bridgehead atoms. The van der Waals surface area contributed by atoms with Crippen LogP contribution in [-0.2, 0) is 32.6 Å². The first-order valence-corrected chi connectivity index (χ1v) is 14.7. The van der Waals surface area contributed by atoms with Crippen LogP contribution in [0.5, 0.6) is 0 Å². The van der Waals surface area contributed by atoms with Crippen molar-refractivity contribution >= 4 is 50.9 Å². The first-order valence-electron chi connectivity index (χ1n) is 12.5. The van der Waals surface area contributed by atoms with Gasteiger partial charge in [-0.1, -0.05) is 71.7 Å². The molecule has 0 radical (unpaired) electrons. The number of nitrogens with zero attached hydrogens (tertiary/aromatic N) is 2. The number of sulfonamides is 1. The van der Waals surface area contributed by atoms with Crippen molar-refractivity contribution in [1.29, 1.82) is 0 Å². The molecule has 1 N–H and O–H groups in total. The molecule has 210 valence electrons. The summed E-state index contributed by atoms with van der Waals surface area (Å²) in [4.78, 5) is 41.9. The molecule has 1 heterocycles. The second-order valence-electron chi connectivity index (χ2n) is 10.5. The van der Waals surface area contributed by atoms with Crippen molar-refractivity contribution in [2.75, 3.05) is 6.54 Å². The van der Waals surface area contributed by atoms with Crippen molar-refractivity contribution in [2.24, 2.45) is 0 Å². The van der Waals surface area contributed by atoms with Crippen molar-refractivity contribution in [2.45, 2.75) is 50.2 Å². The normalized spacial score (nSPS) is 14.9. The number of hydrogen-bond acceptors (Lipinski definition) is 5. The van der Waals surface area contributed by atoms with E-state index in [-0.39, 0.29) is 33.5 Å². The minimum Gasteiger partial charge on any atom is -0.350 e. The maximum absolute atomic E-state index is 14.0. The van der Waals surface area contributed by atoms with Crippen LogP contribution in [0, 0.1) is 0 Å². The van der Waals surface area contributed by atoms with Crippen molar-refractivity contribution in [3.8, 4) is 0 Å². The molecule has 4 rings (SSSR count). The van der Waals surface area contributed by atoms with Crippen LogP contribution in [0.15, 0.2) is 77.7 Å². The summed E-state index contributed by atoms with van der Waals surface area (Å²) < 4.78 is 27.0. The van der Waals surface area contributed by atoms with E-state index < -0.39 is 45.9 Å². The molecule has 3 aromatic rings. The van der Waals surface area contributed by atoms with E-state index in [4.69, 9.17) is 23.2 Å². The van der Waals surface area contributed by atoms with Gasteiger partial charge in [-0.2, -0.15) is 0 Å². The third-order valence-corrected chi connectivity index (χ3v) is 8.85. The number of benzene rings is 3. The maximum atomic E-state index is 14.0. The number of nitrogens with one attached hydrogen (secondary N) is 1. The molecule has 0 aromatic heterocycles. The Morgan fingerprint density at radius 2 is 1.52 bits per heavy atom. The number of rotatable bonds is 8. The molecular formula is C29H29Cl2N3O5S. The zero-order chi connectivity index (χ0) is 29.2. The van der Waals surface area contributed by atoms with E-state index in [1.54, 1.807) is 24.3 Å². The van der Waals surface area contributed by atoms with E-state index in [1.165, 1.54) is 23.1 Å². The smallest absolute Gasteiger partial charge is 0.269 e. The molecule has 0 fully saturated rings. The van der Waals surface area contributed by atoms with Gasteiger partial charge < -0.3 is 10.2 Å². The van der Waals surface area contributed by atoms with E-state index in [9.17, 15) is 22.8 Å². The largest absolute Gasteiger partial charge is 0.350 e. The van der Waals surface area contributed by atoms with Crippen LogP contribution in [-0.4, -0.2) is 53.5 Å². The van der Waals surface area contributed by atoms with Gasteiger partial charge in [0, 0.05) is 34.1 Å². The molecule has 11 heteroatoms. The van der Waals surface area contributed by atoms with Gasteiger partial charge in [-0.05, 0) is 50.6 Å². The molecule has 0 saturated heterocycles.